The van der Waals surface area contributed by atoms with Gasteiger partial charge in [-0.3, -0.25) is 4.57 Å². The second-order valence-corrected chi connectivity index (χ2v) is 5.17. The molecule has 2 aromatic rings. The van der Waals surface area contributed by atoms with E-state index in [1.165, 1.54) is 11.3 Å². The maximum Gasteiger partial charge on any atom is 0.189 e. The van der Waals surface area contributed by atoms with Crippen LogP contribution in [0.15, 0.2) is 28.7 Å². The Morgan fingerprint density at radius 2 is 2.50 bits per heavy atom. The number of nitrogens with zero attached hydrogens (tertiary/aromatic N) is 3. The molecule has 1 N–H and O–H groups in total. The highest BCUT2D eigenvalue weighted by atomic mass is 79.9. The van der Waals surface area contributed by atoms with Crippen molar-refractivity contribution in [3.8, 4) is 0 Å². The maximum absolute atomic E-state index is 5.13. The van der Waals surface area contributed by atoms with Gasteiger partial charge in [0.2, 0.25) is 0 Å². The number of hydrogen-bond acceptors (Lipinski definition) is 4. The Morgan fingerprint density at radius 3 is 3.07 bits per heavy atom. The summed E-state index contributed by atoms with van der Waals surface area (Å²) < 4.78 is 2.68. The normalized spacial score (nSPS) is 10.1. The lowest BCUT2D eigenvalue weighted by Crippen LogP contribution is -2.17. The van der Waals surface area contributed by atoms with Gasteiger partial charge in [-0.1, -0.05) is 11.3 Å². The molecule has 0 aliphatic carbocycles. The third-order valence-electron chi connectivity index (χ3n) is 1.43. The molecule has 0 unspecified atom stereocenters. The molecule has 0 fully saturated rings. The molecular weight excluding hydrogens is 284 g/mol. The van der Waals surface area contributed by atoms with Gasteiger partial charge in [-0.25, -0.2) is 9.97 Å². The van der Waals surface area contributed by atoms with Crippen molar-refractivity contribution in [3.63, 3.8) is 0 Å². The molecule has 0 aliphatic rings. The standard InChI is InChI=1S/C7H5BrN4S2/c8-5-3-10-6(14-5)11-7(13)12-2-1-9-4-12/h1-4H,(H,10,11,13). The van der Waals surface area contributed by atoms with Crippen molar-refractivity contribution in [2.75, 3.05) is 5.32 Å². The SMILES string of the molecule is S=C(Nc1ncc(Br)s1)n1ccnc1. The molecule has 7 heteroatoms. The van der Waals surface area contributed by atoms with Crippen LogP contribution in [0.5, 0.6) is 0 Å². The summed E-state index contributed by atoms with van der Waals surface area (Å²) in [5.41, 5.74) is 0. The summed E-state index contributed by atoms with van der Waals surface area (Å²) in [6, 6.07) is 0. The predicted octanol–water partition coefficient (Wildman–Crippen LogP) is 2.35. The van der Waals surface area contributed by atoms with Gasteiger partial charge in [0.25, 0.3) is 0 Å². The van der Waals surface area contributed by atoms with Crippen molar-refractivity contribution in [1.29, 1.82) is 0 Å². The Kier molecular flexibility index (Phi) is 2.90. The fourth-order valence-electron chi connectivity index (χ4n) is 0.848. The van der Waals surface area contributed by atoms with Gasteiger partial charge >= 0.3 is 0 Å². The molecule has 0 atom stereocenters. The Hall–Kier alpha value is -0.790. The van der Waals surface area contributed by atoms with Crippen molar-refractivity contribution in [1.82, 2.24) is 14.5 Å². The van der Waals surface area contributed by atoms with E-state index in [2.05, 4.69) is 31.2 Å². The van der Waals surface area contributed by atoms with E-state index in [9.17, 15) is 0 Å². The first-order chi connectivity index (χ1) is 6.75. The average molecular weight is 289 g/mol. The van der Waals surface area contributed by atoms with Crippen molar-refractivity contribution < 1.29 is 0 Å². The zero-order chi connectivity index (χ0) is 9.97. The Labute approximate surface area is 98.1 Å². The number of anilines is 1. The molecule has 4 nitrogen and oxygen atoms in total. The molecule has 0 saturated heterocycles. The minimum atomic E-state index is 0.560. The van der Waals surface area contributed by atoms with E-state index in [4.69, 9.17) is 12.2 Å². The van der Waals surface area contributed by atoms with Gasteiger partial charge in [-0.2, -0.15) is 0 Å². The third-order valence-corrected chi connectivity index (χ3v) is 3.13. The Bertz CT molecular complexity index is 436. The molecular formula is C7H5BrN4S2. The summed E-state index contributed by atoms with van der Waals surface area (Å²) in [7, 11) is 0. The van der Waals surface area contributed by atoms with Crippen LogP contribution in [-0.2, 0) is 0 Å². The largest absolute Gasteiger partial charge is 0.308 e. The zero-order valence-corrected chi connectivity index (χ0v) is 10.1. The van der Waals surface area contributed by atoms with E-state index in [0.717, 1.165) is 8.92 Å². The van der Waals surface area contributed by atoms with E-state index in [0.29, 0.717) is 5.11 Å². The molecule has 0 bridgehead atoms. The fraction of sp³-hybridized carbons (Fsp3) is 0. The van der Waals surface area contributed by atoms with Crippen LogP contribution in [0.4, 0.5) is 5.13 Å². The Balaban J connectivity index is 2.09. The minimum absolute atomic E-state index is 0.560. The van der Waals surface area contributed by atoms with Gasteiger partial charge in [0, 0.05) is 12.4 Å². The van der Waals surface area contributed by atoms with Crippen LogP contribution in [0.3, 0.4) is 0 Å². The van der Waals surface area contributed by atoms with Crippen molar-refractivity contribution in [2.24, 2.45) is 0 Å². The average Bonchev–Trinajstić information content (AvgIpc) is 2.75. The second kappa shape index (κ2) is 4.16. The maximum atomic E-state index is 5.13. The monoisotopic (exact) mass is 288 g/mol. The third kappa shape index (κ3) is 2.17. The summed E-state index contributed by atoms with van der Waals surface area (Å²) >= 11 is 9.94. The molecule has 72 valence electrons. The van der Waals surface area contributed by atoms with E-state index in [1.807, 2.05) is 0 Å². The highest BCUT2D eigenvalue weighted by Crippen LogP contribution is 2.23. The number of aromatic nitrogens is 3. The first-order valence-corrected chi connectivity index (χ1v) is 5.68. The Morgan fingerprint density at radius 1 is 1.64 bits per heavy atom. The van der Waals surface area contributed by atoms with E-state index < -0.39 is 0 Å². The van der Waals surface area contributed by atoms with Gasteiger partial charge in [0.1, 0.15) is 6.33 Å². The number of imidazole rings is 1. The number of hydrogen-bond donors (Lipinski definition) is 1. The summed E-state index contributed by atoms with van der Waals surface area (Å²) in [6.45, 7) is 0. The minimum Gasteiger partial charge on any atom is -0.308 e. The number of thiazole rings is 1. The zero-order valence-electron chi connectivity index (χ0n) is 6.85. The van der Waals surface area contributed by atoms with Crippen LogP contribution in [0.25, 0.3) is 0 Å². The van der Waals surface area contributed by atoms with Crippen LogP contribution in [0.1, 0.15) is 0 Å². The van der Waals surface area contributed by atoms with Crippen LogP contribution in [-0.4, -0.2) is 19.6 Å². The number of nitrogens with one attached hydrogen (secondary N) is 1. The van der Waals surface area contributed by atoms with E-state index in [1.54, 1.807) is 29.5 Å². The second-order valence-electron chi connectivity index (χ2n) is 2.37. The summed E-state index contributed by atoms with van der Waals surface area (Å²) in [5, 5.41) is 4.32. The summed E-state index contributed by atoms with van der Waals surface area (Å²) in [4.78, 5) is 8.00. The lowest BCUT2D eigenvalue weighted by atomic mass is 10.8. The molecule has 2 aromatic heterocycles. The lowest BCUT2D eigenvalue weighted by Gasteiger charge is -2.03. The topological polar surface area (TPSA) is 42.7 Å². The smallest absolute Gasteiger partial charge is 0.189 e. The molecule has 0 amide bonds. The molecule has 0 aliphatic heterocycles. The molecule has 2 heterocycles. The van der Waals surface area contributed by atoms with Gasteiger partial charge in [-0.05, 0) is 28.1 Å². The molecule has 0 aromatic carbocycles. The van der Waals surface area contributed by atoms with Crippen LogP contribution in [0.2, 0.25) is 0 Å². The van der Waals surface area contributed by atoms with Gasteiger partial charge in [0.05, 0.1) is 9.98 Å². The number of thiocarbonyl (C=S) groups is 1. The summed E-state index contributed by atoms with van der Waals surface area (Å²) in [5.74, 6) is 0. The van der Waals surface area contributed by atoms with E-state index >= 15 is 0 Å². The molecule has 0 saturated carbocycles. The van der Waals surface area contributed by atoms with Gasteiger partial charge in [0.15, 0.2) is 10.2 Å². The van der Waals surface area contributed by atoms with Crippen molar-refractivity contribution >= 4 is 49.7 Å². The van der Waals surface area contributed by atoms with Crippen LogP contribution in [0, 0.1) is 0 Å². The quantitative estimate of drug-likeness (QED) is 0.818. The molecule has 2 rings (SSSR count). The first-order valence-electron chi connectivity index (χ1n) is 3.66. The first kappa shape index (κ1) is 9.75. The highest BCUT2D eigenvalue weighted by Gasteiger charge is 2.02. The molecule has 0 radical (unpaired) electrons. The van der Waals surface area contributed by atoms with Crippen LogP contribution >= 0.6 is 39.5 Å². The fourth-order valence-corrected chi connectivity index (χ4v) is 2.22. The molecule has 14 heavy (non-hydrogen) atoms. The van der Waals surface area contributed by atoms with Gasteiger partial charge in [-0.15, -0.1) is 0 Å². The molecule has 0 spiro atoms. The predicted molar refractivity (Wildman–Crippen MR) is 63.7 cm³/mol. The summed E-state index contributed by atoms with van der Waals surface area (Å²) in [6.07, 6.45) is 6.81. The van der Waals surface area contributed by atoms with Crippen molar-refractivity contribution in [3.05, 3.63) is 28.7 Å². The lowest BCUT2D eigenvalue weighted by molar-refractivity contribution is 1.15. The highest BCUT2D eigenvalue weighted by molar-refractivity contribution is 9.11. The van der Waals surface area contributed by atoms with Crippen molar-refractivity contribution in [2.45, 2.75) is 0 Å². The van der Waals surface area contributed by atoms with Crippen LogP contribution < -0.4 is 5.32 Å². The van der Waals surface area contributed by atoms with Gasteiger partial charge < -0.3 is 5.32 Å². The number of rotatable bonds is 1. The van der Waals surface area contributed by atoms with E-state index in [-0.39, 0.29) is 0 Å². The number of halogens is 1.